The number of benzene rings is 1. The molecule has 1 aliphatic heterocycles. The van der Waals surface area contributed by atoms with Gasteiger partial charge in [0.1, 0.15) is 11.4 Å². The van der Waals surface area contributed by atoms with Crippen LogP contribution in [0.1, 0.15) is 12.5 Å². The van der Waals surface area contributed by atoms with E-state index in [0.717, 1.165) is 0 Å². The van der Waals surface area contributed by atoms with E-state index in [0.29, 0.717) is 0 Å². The molecule has 0 radical (unpaired) electrons. The van der Waals surface area contributed by atoms with Crippen molar-refractivity contribution in [2.45, 2.75) is 13.0 Å². The molecule has 1 aromatic carbocycles. The summed E-state index contributed by atoms with van der Waals surface area (Å²) in [7, 11) is 0. The molecule has 1 unspecified atom stereocenters. The Morgan fingerprint density at radius 1 is 1.60 bits per heavy atom. The molecule has 5 heteroatoms. The summed E-state index contributed by atoms with van der Waals surface area (Å²) < 4.78 is 18.6. The fourth-order valence-electron chi connectivity index (χ4n) is 1.36. The lowest BCUT2D eigenvalue weighted by atomic mass is 10.1. The summed E-state index contributed by atoms with van der Waals surface area (Å²) in [4.78, 5) is 11.2. The number of anilines is 1. The summed E-state index contributed by atoms with van der Waals surface area (Å²) in [5.74, 6) is -0.499. The number of halogens is 1. The van der Waals surface area contributed by atoms with Crippen LogP contribution in [0.4, 0.5) is 10.2 Å². The predicted octanol–water partition coefficient (Wildman–Crippen LogP) is 1.56. The first kappa shape index (κ1) is 9.46. The van der Waals surface area contributed by atoms with Crippen LogP contribution in [0.5, 0.6) is 5.75 Å². The van der Waals surface area contributed by atoms with E-state index in [1.165, 1.54) is 25.1 Å². The highest BCUT2D eigenvalue weighted by Crippen LogP contribution is 2.34. The maximum atomic E-state index is 13.4. The topological polar surface area (TPSA) is 53.3 Å². The number of nitrogens with zero attached hydrogens (tertiary/aromatic N) is 2. The van der Waals surface area contributed by atoms with E-state index in [1.807, 2.05) is 6.07 Å². The van der Waals surface area contributed by atoms with Crippen LogP contribution in [0.2, 0.25) is 0 Å². The van der Waals surface area contributed by atoms with Crippen LogP contribution in [-0.4, -0.2) is 12.0 Å². The van der Waals surface area contributed by atoms with Crippen LogP contribution in [0, 0.1) is 11.3 Å². The van der Waals surface area contributed by atoms with Gasteiger partial charge in [-0.25, -0.2) is 0 Å². The molecule has 15 heavy (non-hydrogen) atoms. The molecule has 0 aromatic heterocycles. The monoisotopic (exact) mass is 206 g/mol. The first-order chi connectivity index (χ1) is 7.13. The molecule has 2 rings (SSSR count). The second kappa shape index (κ2) is 3.24. The lowest BCUT2D eigenvalue weighted by Crippen LogP contribution is -2.39. The van der Waals surface area contributed by atoms with Gasteiger partial charge < -0.3 is 4.74 Å². The SMILES string of the molecule is CC1Oc2ccc(C#N)cc2N(F)C1=O. The van der Waals surface area contributed by atoms with Crippen molar-refractivity contribution in [1.82, 2.24) is 0 Å². The molecule has 1 atom stereocenters. The molecule has 0 spiro atoms. The average Bonchev–Trinajstić information content (AvgIpc) is 2.26. The molecule has 0 saturated carbocycles. The number of fused-ring (bicyclic) bond motifs is 1. The van der Waals surface area contributed by atoms with Crippen molar-refractivity contribution in [3.8, 4) is 11.8 Å². The third-order valence-corrected chi connectivity index (χ3v) is 2.14. The minimum atomic E-state index is -0.838. The molecular formula is C10H7FN2O2. The first-order valence-corrected chi connectivity index (χ1v) is 4.34. The highest BCUT2D eigenvalue weighted by Gasteiger charge is 2.32. The van der Waals surface area contributed by atoms with Gasteiger partial charge in [0.15, 0.2) is 6.10 Å². The smallest absolute Gasteiger partial charge is 0.295 e. The highest BCUT2D eigenvalue weighted by molar-refractivity contribution is 5.98. The van der Waals surface area contributed by atoms with Crippen molar-refractivity contribution in [3.63, 3.8) is 0 Å². The minimum absolute atomic E-state index is 0.0165. The summed E-state index contributed by atoms with van der Waals surface area (Å²) in [6, 6.07) is 6.13. The molecule has 4 nitrogen and oxygen atoms in total. The molecule has 0 fully saturated rings. The van der Waals surface area contributed by atoms with Crippen LogP contribution in [0.3, 0.4) is 0 Å². The van der Waals surface area contributed by atoms with Gasteiger partial charge in [0.2, 0.25) is 0 Å². The van der Waals surface area contributed by atoms with Crippen LogP contribution in [-0.2, 0) is 4.79 Å². The van der Waals surface area contributed by atoms with Crippen molar-refractivity contribution in [2.75, 3.05) is 5.12 Å². The van der Waals surface area contributed by atoms with Gasteiger partial charge in [0, 0.05) is 0 Å². The quantitative estimate of drug-likeness (QED) is 0.605. The molecular weight excluding hydrogens is 199 g/mol. The summed E-state index contributed by atoms with van der Waals surface area (Å²) in [5, 5.41) is 8.64. The number of ether oxygens (including phenoxy) is 1. The molecule has 0 N–H and O–H groups in total. The summed E-state index contributed by atoms with van der Waals surface area (Å²) in [6.45, 7) is 1.47. The van der Waals surface area contributed by atoms with E-state index in [9.17, 15) is 9.28 Å². The van der Waals surface area contributed by atoms with Gasteiger partial charge in [-0.05, 0) is 25.1 Å². The standard InChI is InChI=1S/C10H7FN2O2/c1-6-10(14)13(11)8-4-7(5-12)2-3-9(8)15-6/h2-4,6H,1H3. The van der Waals surface area contributed by atoms with Crippen molar-refractivity contribution < 1.29 is 14.0 Å². The fraction of sp³-hybridized carbons (Fsp3) is 0.200. The van der Waals surface area contributed by atoms with Gasteiger partial charge in [-0.15, -0.1) is 5.12 Å². The lowest BCUT2D eigenvalue weighted by Gasteiger charge is -2.26. The third-order valence-electron chi connectivity index (χ3n) is 2.14. The first-order valence-electron chi connectivity index (χ1n) is 4.34. The molecule has 1 amide bonds. The van der Waals surface area contributed by atoms with E-state index in [-0.39, 0.29) is 22.1 Å². The van der Waals surface area contributed by atoms with Crippen molar-refractivity contribution >= 4 is 11.6 Å². The van der Waals surface area contributed by atoms with Crippen molar-refractivity contribution in [3.05, 3.63) is 23.8 Å². The summed E-state index contributed by atoms with van der Waals surface area (Å²) >= 11 is 0. The fourth-order valence-corrected chi connectivity index (χ4v) is 1.36. The molecule has 1 heterocycles. The van der Waals surface area contributed by atoms with Crippen LogP contribution >= 0.6 is 0 Å². The van der Waals surface area contributed by atoms with Crippen molar-refractivity contribution in [1.29, 1.82) is 5.26 Å². The van der Waals surface area contributed by atoms with E-state index >= 15 is 0 Å². The minimum Gasteiger partial charge on any atom is -0.478 e. The van der Waals surface area contributed by atoms with Gasteiger partial charge in [0.05, 0.1) is 11.6 Å². The van der Waals surface area contributed by atoms with Gasteiger partial charge >= 0.3 is 0 Å². The predicted molar refractivity (Wildman–Crippen MR) is 49.8 cm³/mol. The summed E-state index contributed by atoms with van der Waals surface area (Å²) in [6.07, 6.45) is -0.838. The number of amides is 1. The Bertz CT molecular complexity index is 467. The van der Waals surface area contributed by atoms with Crippen LogP contribution in [0.15, 0.2) is 18.2 Å². The second-order valence-electron chi connectivity index (χ2n) is 3.17. The largest absolute Gasteiger partial charge is 0.478 e. The Kier molecular flexibility index (Phi) is 2.05. The number of carbonyl (C=O) groups excluding carboxylic acids is 1. The zero-order valence-corrected chi connectivity index (χ0v) is 7.90. The number of carbonyl (C=O) groups is 1. The second-order valence-corrected chi connectivity index (χ2v) is 3.17. The maximum Gasteiger partial charge on any atom is 0.295 e. The van der Waals surface area contributed by atoms with Gasteiger partial charge in [0.25, 0.3) is 5.91 Å². The third kappa shape index (κ3) is 1.40. The number of nitriles is 1. The lowest BCUT2D eigenvalue weighted by molar-refractivity contribution is -0.128. The maximum absolute atomic E-state index is 13.4. The van der Waals surface area contributed by atoms with Gasteiger partial charge in [-0.2, -0.15) is 5.26 Å². The number of hydrogen-bond acceptors (Lipinski definition) is 3. The van der Waals surface area contributed by atoms with Crippen LogP contribution in [0.25, 0.3) is 0 Å². The van der Waals surface area contributed by atoms with E-state index in [2.05, 4.69) is 0 Å². The number of hydrogen-bond donors (Lipinski definition) is 0. The Morgan fingerprint density at radius 2 is 2.33 bits per heavy atom. The van der Waals surface area contributed by atoms with Gasteiger partial charge in [-0.1, -0.05) is 4.48 Å². The number of rotatable bonds is 0. The Hall–Kier alpha value is -2.09. The zero-order chi connectivity index (χ0) is 11.0. The summed E-state index contributed by atoms with van der Waals surface area (Å²) in [5.41, 5.74) is 0.263. The van der Waals surface area contributed by atoms with Crippen LogP contribution < -0.4 is 9.86 Å². The Morgan fingerprint density at radius 3 is 3.00 bits per heavy atom. The van der Waals surface area contributed by atoms with E-state index in [1.54, 1.807) is 0 Å². The highest BCUT2D eigenvalue weighted by atomic mass is 19.2. The average molecular weight is 206 g/mol. The zero-order valence-electron chi connectivity index (χ0n) is 7.90. The molecule has 0 aliphatic carbocycles. The van der Waals surface area contributed by atoms with Crippen molar-refractivity contribution in [2.24, 2.45) is 0 Å². The van der Waals surface area contributed by atoms with E-state index in [4.69, 9.17) is 10.00 Å². The molecule has 0 bridgehead atoms. The normalized spacial score (nSPS) is 19.1. The molecule has 1 aliphatic rings. The Labute approximate surface area is 85.4 Å². The van der Waals surface area contributed by atoms with E-state index < -0.39 is 12.0 Å². The Balaban J connectivity index is 2.52. The molecule has 1 aromatic rings. The van der Waals surface area contributed by atoms with Gasteiger partial charge in [-0.3, -0.25) is 4.79 Å². The molecule has 76 valence electrons. The molecule has 0 saturated heterocycles.